The van der Waals surface area contributed by atoms with Gasteiger partial charge < -0.3 is 19.4 Å². The van der Waals surface area contributed by atoms with Gasteiger partial charge in [0.15, 0.2) is 11.5 Å². The number of Topliss-reactive ketones (excluding diaryl/α,β-unsaturated/α-hetero) is 1. The number of carbonyl (C=O) groups excluding carboxylic acids is 2. The van der Waals surface area contributed by atoms with Gasteiger partial charge in [-0.2, -0.15) is 0 Å². The van der Waals surface area contributed by atoms with Gasteiger partial charge in [0, 0.05) is 28.1 Å². The summed E-state index contributed by atoms with van der Waals surface area (Å²) in [4.78, 5) is 30.7. The van der Waals surface area contributed by atoms with Crippen molar-refractivity contribution in [3.05, 3.63) is 71.0 Å². The number of fused-ring (bicyclic) bond motifs is 1. The molecule has 1 aliphatic rings. The van der Waals surface area contributed by atoms with Crippen LogP contribution in [0.1, 0.15) is 36.9 Å². The van der Waals surface area contributed by atoms with Crippen molar-refractivity contribution in [1.82, 2.24) is 9.88 Å². The molecule has 0 aliphatic carbocycles. The minimum atomic E-state index is -0.677. The number of aromatic nitrogens is 1. The third kappa shape index (κ3) is 2.72. The number of ketones is 1. The highest BCUT2D eigenvalue weighted by molar-refractivity contribution is 6.10. The largest absolute Gasteiger partial charge is 0.503 e. The standard InChI is InChI=1S/C22H22N2O4/c1-12(2)20(25)18-19(17-13(3)23-16-9-5-4-8-15(16)17)24(22(27)21(18)26)11-14-7-6-10-28-14/h4-10,12,19,23,26H,11H2,1-3H3. The maximum Gasteiger partial charge on any atom is 0.290 e. The van der Waals surface area contributed by atoms with Crippen LogP contribution in [0.5, 0.6) is 0 Å². The van der Waals surface area contributed by atoms with Crippen LogP contribution in [0.3, 0.4) is 0 Å². The third-order valence-electron chi connectivity index (χ3n) is 5.22. The molecule has 28 heavy (non-hydrogen) atoms. The first-order valence-corrected chi connectivity index (χ1v) is 9.28. The molecule has 4 rings (SSSR count). The Morgan fingerprint density at radius 3 is 2.68 bits per heavy atom. The number of aryl methyl sites for hydroxylation is 1. The van der Waals surface area contributed by atoms with E-state index in [4.69, 9.17) is 4.42 Å². The molecule has 3 aromatic rings. The highest BCUT2D eigenvalue weighted by Crippen LogP contribution is 2.43. The highest BCUT2D eigenvalue weighted by atomic mass is 16.3. The summed E-state index contributed by atoms with van der Waals surface area (Å²) in [5.41, 5.74) is 2.75. The second kappa shape index (κ2) is 6.71. The van der Waals surface area contributed by atoms with Crippen molar-refractivity contribution in [3.63, 3.8) is 0 Å². The van der Waals surface area contributed by atoms with Crippen LogP contribution >= 0.6 is 0 Å². The zero-order valence-corrected chi connectivity index (χ0v) is 16.0. The zero-order chi connectivity index (χ0) is 20.0. The first-order valence-electron chi connectivity index (χ1n) is 9.28. The van der Waals surface area contributed by atoms with Crippen LogP contribution in [0, 0.1) is 12.8 Å². The summed E-state index contributed by atoms with van der Waals surface area (Å²) in [7, 11) is 0. The molecule has 1 amide bonds. The molecule has 0 saturated carbocycles. The third-order valence-corrected chi connectivity index (χ3v) is 5.22. The number of hydrogen-bond donors (Lipinski definition) is 2. The van der Waals surface area contributed by atoms with Crippen molar-refractivity contribution in [2.24, 2.45) is 5.92 Å². The lowest BCUT2D eigenvalue weighted by atomic mass is 9.90. The lowest BCUT2D eigenvalue weighted by Crippen LogP contribution is -2.31. The van der Waals surface area contributed by atoms with Gasteiger partial charge in [0.25, 0.3) is 5.91 Å². The van der Waals surface area contributed by atoms with Crippen molar-refractivity contribution in [2.45, 2.75) is 33.4 Å². The van der Waals surface area contributed by atoms with Gasteiger partial charge in [-0.15, -0.1) is 0 Å². The van der Waals surface area contributed by atoms with E-state index in [2.05, 4.69) is 4.98 Å². The van der Waals surface area contributed by atoms with Crippen molar-refractivity contribution >= 4 is 22.6 Å². The maximum absolute atomic E-state index is 13.0. The fourth-order valence-electron chi connectivity index (χ4n) is 3.90. The summed E-state index contributed by atoms with van der Waals surface area (Å²) in [6, 6.07) is 10.6. The molecule has 2 N–H and O–H groups in total. The van der Waals surface area contributed by atoms with Crippen LogP contribution in [0.25, 0.3) is 10.9 Å². The number of aliphatic hydroxyl groups is 1. The molecule has 3 heterocycles. The second-order valence-electron chi connectivity index (χ2n) is 7.41. The smallest absolute Gasteiger partial charge is 0.290 e. The SMILES string of the molecule is Cc1[nH]c2ccccc2c1C1C(C(=O)C(C)C)=C(O)C(=O)N1Cc1ccco1. The molecule has 1 aliphatic heterocycles. The van der Waals surface area contributed by atoms with Crippen molar-refractivity contribution in [2.75, 3.05) is 0 Å². The number of benzene rings is 1. The van der Waals surface area contributed by atoms with Gasteiger partial charge in [0.1, 0.15) is 5.76 Å². The Labute approximate surface area is 162 Å². The molecule has 0 saturated heterocycles. The quantitative estimate of drug-likeness (QED) is 0.697. The first kappa shape index (κ1) is 18.1. The van der Waals surface area contributed by atoms with Crippen molar-refractivity contribution in [1.29, 1.82) is 0 Å². The highest BCUT2D eigenvalue weighted by Gasteiger charge is 2.45. The lowest BCUT2D eigenvalue weighted by Gasteiger charge is -2.27. The van der Waals surface area contributed by atoms with Gasteiger partial charge >= 0.3 is 0 Å². The summed E-state index contributed by atoms with van der Waals surface area (Å²) in [5.74, 6) is -1.03. The molecule has 0 spiro atoms. The maximum atomic E-state index is 13.0. The summed E-state index contributed by atoms with van der Waals surface area (Å²) in [5, 5.41) is 11.6. The van der Waals surface area contributed by atoms with Gasteiger partial charge in [0.2, 0.25) is 0 Å². The molecule has 1 aromatic carbocycles. The normalized spacial score (nSPS) is 17.4. The fraction of sp³-hybridized carbons (Fsp3) is 0.273. The number of amides is 1. The van der Waals surface area contributed by atoms with E-state index in [1.165, 1.54) is 11.2 Å². The lowest BCUT2D eigenvalue weighted by molar-refractivity contribution is -0.130. The second-order valence-corrected chi connectivity index (χ2v) is 7.41. The summed E-state index contributed by atoms with van der Waals surface area (Å²) in [6.45, 7) is 5.61. The van der Waals surface area contributed by atoms with Crippen LogP contribution < -0.4 is 0 Å². The Morgan fingerprint density at radius 1 is 1.25 bits per heavy atom. The van der Waals surface area contributed by atoms with E-state index in [0.29, 0.717) is 5.76 Å². The van der Waals surface area contributed by atoms with E-state index in [0.717, 1.165) is 22.2 Å². The van der Waals surface area contributed by atoms with E-state index in [-0.39, 0.29) is 23.8 Å². The van der Waals surface area contributed by atoms with Gasteiger partial charge in [-0.3, -0.25) is 9.59 Å². The summed E-state index contributed by atoms with van der Waals surface area (Å²) < 4.78 is 5.42. The number of hydrogen-bond acceptors (Lipinski definition) is 4. The predicted molar refractivity (Wildman–Crippen MR) is 105 cm³/mol. The van der Waals surface area contributed by atoms with Gasteiger partial charge in [-0.1, -0.05) is 32.0 Å². The molecule has 6 heteroatoms. The number of furan rings is 1. The first-order chi connectivity index (χ1) is 13.4. The van der Waals surface area contributed by atoms with Crippen LogP contribution in [-0.2, 0) is 16.1 Å². The summed E-state index contributed by atoms with van der Waals surface area (Å²) >= 11 is 0. The number of nitrogens with one attached hydrogen (secondary N) is 1. The Kier molecular flexibility index (Phi) is 4.34. The molecule has 2 aromatic heterocycles. The zero-order valence-electron chi connectivity index (χ0n) is 16.0. The molecular formula is C22H22N2O4. The van der Waals surface area contributed by atoms with Crippen LogP contribution in [0.4, 0.5) is 0 Å². The van der Waals surface area contributed by atoms with E-state index >= 15 is 0 Å². The average Bonchev–Trinajstić information content (AvgIpc) is 3.34. The molecule has 6 nitrogen and oxygen atoms in total. The fourth-order valence-corrected chi connectivity index (χ4v) is 3.90. The number of H-pyrrole nitrogens is 1. The minimum Gasteiger partial charge on any atom is -0.503 e. The number of rotatable bonds is 5. The topological polar surface area (TPSA) is 86.5 Å². The monoisotopic (exact) mass is 378 g/mol. The molecule has 1 atom stereocenters. The van der Waals surface area contributed by atoms with E-state index < -0.39 is 17.7 Å². The van der Waals surface area contributed by atoms with E-state index in [1.54, 1.807) is 26.0 Å². The Balaban J connectivity index is 1.92. The minimum absolute atomic E-state index is 0.152. The average molecular weight is 378 g/mol. The van der Waals surface area contributed by atoms with Crippen molar-refractivity contribution in [3.8, 4) is 0 Å². The molecular weight excluding hydrogens is 356 g/mol. The molecule has 144 valence electrons. The number of aliphatic hydroxyl groups excluding tert-OH is 1. The molecule has 0 radical (unpaired) electrons. The van der Waals surface area contributed by atoms with Crippen molar-refractivity contribution < 1.29 is 19.1 Å². The number of para-hydroxylation sites is 1. The Bertz CT molecular complexity index is 1090. The van der Waals surface area contributed by atoms with E-state index in [1.807, 2.05) is 31.2 Å². The Morgan fingerprint density at radius 2 is 2.00 bits per heavy atom. The van der Waals surface area contributed by atoms with Gasteiger partial charge in [0.05, 0.1) is 24.4 Å². The number of carbonyl (C=O) groups is 2. The van der Waals surface area contributed by atoms with Crippen LogP contribution in [0.2, 0.25) is 0 Å². The molecule has 0 bridgehead atoms. The number of aromatic amines is 1. The van der Waals surface area contributed by atoms with Gasteiger partial charge in [-0.05, 0) is 25.1 Å². The van der Waals surface area contributed by atoms with Crippen LogP contribution in [0.15, 0.2) is 58.4 Å². The number of nitrogens with zero attached hydrogens (tertiary/aromatic N) is 1. The van der Waals surface area contributed by atoms with E-state index in [9.17, 15) is 14.7 Å². The Hall–Kier alpha value is -3.28. The summed E-state index contributed by atoms with van der Waals surface area (Å²) in [6.07, 6.45) is 1.54. The molecule has 1 unspecified atom stereocenters. The van der Waals surface area contributed by atoms with Gasteiger partial charge in [-0.25, -0.2) is 0 Å². The predicted octanol–water partition coefficient (Wildman–Crippen LogP) is 4.19. The van der Waals surface area contributed by atoms with Crippen LogP contribution in [-0.4, -0.2) is 26.7 Å². The molecule has 0 fully saturated rings.